The van der Waals surface area contributed by atoms with E-state index in [2.05, 4.69) is 51.4 Å². The van der Waals surface area contributed by atoms with Crippen LogP contribution >= 0.6 is 27.7 Å². The highest BCUT2D eigenvalue weighted by molar-refractivity contribution is 9.10. The summed E-state index contributed by atoms with van der Waals surface area (Å²) < 4.78 is 6.80. The van der Waals surface area contributed by atoms with Crippen molar-refractivity contribution >= 4 is 38.8 Å². The summed E-state index contributed by atoms with van der Waals surface area (Å²) in [6.45, 7) is 3.95. The van der Waals surface area contributed by atoms with Crippen LogP contribution < -0.4 is 5.32 Å². The zero-order valence-corrected chi connectivity index (χ0v) is 14.0. The van der Waals surface area contributed by atoms with Gasteiger partial charge in [0.2, 0.25) is 0 Å². The molecule has 0 aliphatic rings. The van der Waals surface area contributed by atoms with E-state index in [0.29, 0.717) is 5.22 Å². The average molecular weight is 363 g/mol. The van der Waals surface area contributed by atoms with Gasteiger partial charge in [0.1, 0.15) is 5.52 Å². The van der Waals surface area contributed by atoms with Crippen molar-refractivity contribution in [2.75, 3.05) is 6.54 Å². The smallest absolute Gasteiger partial charge is 0.261 e. The number of para-hydroxylation sites is 2. The second-order valence-corrected chi connectivity index (χ2v) is 6.44. The summed E-state index contributed by atoms with van der Waals surface area (Å²) in [5.41, 5.74) is 2.96. The van der Waals surface area contributed by atoms with Gasteiger partial charge in [-0.25, -0.2) is 4.98 Å². The number of rotatable bonds is 5. The zero-order chi connectivity index (χ0) is 14.7. The van der Waals surface area contributed by atoms with Gasteiger partial charge >= 0.3 is 0 Å². The van der Waals surface area contributed by atoms with Crippen molar-refractivity contribution in [2.24, 2.45) is 0 Å². The Balaban J connectivity index is 1.80. The van der Waals surface area contributed by atoms with E-state index in [4.69, 9.17) is 4.42 Å². The van der Waals surface area contributed by atoms with Gasteiger partial charge in [-0.1, -0.05) is 25.1 Å². The lowest BCUT2D eigenvalue weighted by atomic mass is 10.2. The lowest BCUT2D eigenvalue weighted by molar-refractivity contribution is 0.489. The van der Waals surface area contributed by atoms with Crippen LogP contribution in [0.3, 0.4) is 0 Å². The Morgan fingerprint density at radius 2 is 2.10 bits per heavy atom. The molecule has 1 heterocycles. The Labute approximate surface area is 136 Å². The van der Waals surface area contributed by atoms with E-state index in [0.717, 1.165) is 33.6 Å². The molecular weight excluding hydrogens is 348 g/mol. The van der Waals surface area contributed by atoms with Gasteiger partial charge in [-0.15, -0.1) is 0 Å². The summed E-state index contributed by atoms with van der Waals surface area (Å²) in [6, 6.07) is 14.2. The van der Waals surface area contributed by atoms with E-state index in [-0.39, 0.29) is 0 Å². The van der Waals surface area contributed by atoms with Gasteiger partial charge in [-0.05, 0) is 64.1 Å². The minimum Gasteiger partial charge on any atom is -0.431 e. The number of halogens is 1. The Kier molecular flexibility index (Phi) is 4.63. The minimum absolute atomic E-state index is 0.663. The number of nitrogens with zero attached hydrogens (tertiary/aromatic N) is 1. The summed E-state index contributed by atoms with van der Waals surface area (Å²) >= 11 is 5.15. The van der Waals surface area contributed by atoms with E-state index < -0.39 is 0 Å². The molecule has 0 saturated carbocycles. The molecule has 5 heteroatoms. The van der Waals surface area contributed by atoms with E-state index in [1.165, 1.54) is 17.3 Å². The highest BCUT2D eigenvalue weighted by Gasteiger charge is 2.09. The summed E-state index contributed by atoms with van der Waals surface area (Å²) in [5.74, 6) is 0. The topological polar surface area (TPSA) is 38.1 Å². The van der Waals surface area contributed by atoms with Crippen LogP contribution in [0.2, 0.25) is 0 Å². The summed E-state index contributed by atoms with van der Waals surface area (Å²) in [4.78, 5) is 5.58. The zero-order valence-electron chi connectivity index (χ0n) is 11.6. The SMILES string of the molecule is CCNCc1ccc(Sc2nc3ccccc3o2)c(Br)c1. The third-order valence-electron chi connectivity index (χ3n) is 3.05. The average Bonchev–Trinajstić information content (AvgIpc) is 2.90. The number of fused-ring (bicyclic) bond motifs is 1. The van der Waals surface area contributed by atoms with Gasteiger partial charge in [0.05, 0.1) is 0 Å². The highest BCUT2D eigenvalue weighted by Crippen LogP contribution is 2.35. The van der Waals surface area contributed by atoms with Gasteiger partial charge in [0.25, 0.3) is 5.22 Å². The van der Waals surface area contributed by atoms with E-state index >= 15 is 0 Å². The molecule has 1 aromatic heterocycles. The number of hydrogen-bond donors (Lipinski definition) is 1. The number of hydrogen-bond acceptors (Lipinski definition) is 4. The van der Waals surface area contributed by atoms with E-state index in [9.17, 15) is 0 Å². The standard InChI is InChI=1S/C16H15BrN2OS/c1-2-18-10-11-7-8-15(12(17)9-11)21-16-19-13-5-3-4-6-14(13)20-16/h3-9,18H,2,10H2,1H3. The Bertz CT molecular complexity index is 724. The van der Waals surface area contributed by atoms with Gasteiger partial charge in [0, 0.05) is 15.9 Å². The van der Waals surface area contributed by atoms with Crippen LogP contribution in [0.5, 0.6) is 0 Å². The van der Waals surface area contributed by atoms with Gasteiger partial charge in [-0.3, -0.25) is 0 Å². The first-order chi connectivity index (χ1) is 10.3. The normalized spacial score (nSPS) is 11.1. The molecule has 3 nitrogen and oxygen atoms in total. The van der Waals surface area contributed by atoms with Crippen molar-refractivity contribution in [3.8, 4) is 0 Å². The summed E-state index contributed by atoms with van der Waals surface area (Å²) in [7, 11) is 0. The molecule has 0 radical (unpaired) electrons. The minimum atomic E-state index is 0.663. The largest absolute Gasteiger partial charge is 0.431 e. The fourth-order valence-electron chi connectivity index (χ4n) is 2.00. The molecule has 0 aliphatic carbocycles. The molecule has 0 spiro atoms. The van der Waals surface area contributed by atoms with Gasteiger partial charge in [0.15, 0.2) is 5.58 Å². The lowest BCUT2D eigenvalue weighted by Gasteiger charge is -2.06. The van der Waals surface area contributed by atoms with Crippen molar-refractivity contribution in [1.29, 1.82) is 0 Å². The van der Waals surface area contributed by atoms with Crippen LogP contribution in [0.1, 0.15) is 12.5 Å². The Hall–Kier alpha value is -1.30. The number of aromatic nitrogens is 1. The van der Waals surface area contributed by atoms with Crippen molar-refractivity contribution < 1.29 is 4.42 Å². The quantitative estimate of drug-likeness (QED) is 0.703. The van der Waals surface area contributed by atoms with E-state index in [1.54, 1.807) is 0 Å². The molecule has 0 unspecified atom stereocenters. The van der Waals surface area contributed by atoms with Crippen LogP contribution in [-0.4, -0.2) is 11.5 Å². The van der Waals surface area contributed by atoms with Crippen molar-refractivity contribution in [3.05, 3.63) is 52.5 Å². The Morgan fingerprint density at radius 1 is 1.24 bits per heavy atom. The second kappa shape index (κ2) is 6.64. The first-order valence-electron chi connectivity index (χ1n) is 6.79. The molecule has 0 aliphatic heterocycles. The molecule has 3 aromatic rings. The van der Waals surface area contributed by atoms with Crippen LogP contribution in [0.15, 0.2) is 61.5 Å². The van der Waals surface area contributed by atoms with Crippen LogP contribution in [-0.2, 0) is 6.54 Å². The third-order valence-corrected chi connectivity index (χ3v) is 4.89. The van der Waals surface area contributed by atoms with Crippen LogP contribution in [0.25, 0.3) is 11.1 Å². The fraction of sp³-hybridized carbons (Fsp3) is 0.188. The summed E-state index contributed by atoms with van der Waals surface area (Å²) in [6.07, 6.45) is 0. The van der Waals surface area contributed by atoms with Crippen molar-refractivity contribution in [1.82, 2.24) is 10.3 Å². The van der Waals surface area contributed by atoms with Crippen LogP contribution in [0.4, 0.5) is 0 Å². The maximum atomic E-state index is 5.74. The maximum Gasteiger partial charge on any atom is 0.261 e. The number of oxazole rings is 1. The second-order valence-electron chi connectivity index (χ2n) is 4.59. The van der Waals surface area contributed by atoms with E-state index in [1.807, 2.05) is 24.3 Å². The predicted molar refractivity (Wildman–Crippen MR) is 89.7 cm³/mol. The lowest BCUT2D eigenvalue weighted by Crippen LogP contribution is -2.11. The molecule has 1 N–H and O–H groups in total. The number of benzene rings is 2. The molecule has 3 rings (SSSR count). The molecule has 0 atom stereocenters. The molecule has 108 valence electrons. The highest BCUT2D eigenvalue weighted by atomic mass is 79.9. The first kappa shape index (κ1) is 14.6. The molecule has 0 amide bonds. The van der Waals surface area contributed by atoms with Crippen molar-refractivity contribution in [3.63, 3.8) is 0 Å². The molecule has 0 saturated heterocycles. The number of nitrogens with one attached hydrogen (secondary N) is 1. The molecule has 0 fully saturated rings. The summed E-state index contributed by atoms with van der Waals surface area (Å²) in [5, 5.41) is 3.98. The third kappa shape index (κ3) is 3.48. The molecule has 2 aromatic carbocycles. The van der Waals surface area contributed by atoms with Crippen LogP contribution in [0, 0.1) is 0 Å². The van der Waals surface area contributed by atoms with Crippen molar-refractivity contribution in [2.45, 2.75) is 23.6 Å². The molecular formula is C16H15BrN2OS. The Morgan fingerprint density at radius 3 is 2.86 bits per heavy atom. The fourth-order valence-corrected chi connectivity index (χ4v) is 3.42. The molecule has 21 heavy (non-hydrogen) atoms. The monoisotopic (exact) mass is 362 g/mol. The van der Waals surface area contributed by atoms with Gasteiger partial charge < -0.3 is 9.73 Å². The molecule has 0 bridgehead atoms. The first-order valence-corrected chi connectivity index (χ1v) is 8.40. The van der Waals surface area contributed by atoms with Gasteiger partial charge in [-0.2, -0.15) is 0 Å². The predicted octanol–water partition coefficient (Wildman–Crippen LogP) is 4.85. The maximum absolute atomic E-state index is 5.74.